The number of aromatic nitrogens is 1. The topological polar surface area (TPSA) is 60.2 Å². The third-order valence-corrected chi connectivity index (χ3v) is 3.88. The maximum atomic E-state index is 11.7. The van der Waals surface area contributed by atoms with Gasteiger partial charge in [0.15, 0.2) is 0 Å². The second-order valence-electron chi connectivity index (χ2n) is 6.12. The third kappa shape index (κ3) is 6.04. The highest BCUT2D eigenvalue weighted by Crippen LogP contribution is 2.17. The van der Waals surface area contributed by atoms with E-state index in [1.54, 1.807) is 0 Å². The Hall–Kier alpha value is -1.85. The first-order chi connectivity index (χ1) is 11.2. The molecule has 2 aromatic rings. The Balaban J connectivity index is 1.56. The number of fused-ring (bicyclic) bond motifs is 1. The fraction of sp³-hybridized carbons (Fsp3) is 0.500. The zero-order valence-corrected chi connectivity index (χ0v) is 14.2. The van der Waals surface area contributed by atoms with Crippen LogP contribution in [0.2, 0.25) is 0 Å². The fourth-order valence-corrected chi connectivity index (χ4v) is 2.60. The van der Waals surface area contributed by atoms with Crippen molar-refractivity contribution in [2.24, 2.45) is 0 Å². The fourth-order valence-electron chi connectivity index (χ4n) is 2.60. The number of carbonyl (C=O) groups excluding carboxylic acids is 1. The lowest BCUT2D eigenvalue weighted by Gasteiger charge is -2.10. The number of amides is 1. The van der Waals surface area contributed by atoms with Crippen LogP contribution in [0.25, 0.3) is 10.9 Å². The lowest BCUT2D eigenvalue weighted by molar-refractivity contribution is -0.121. The van der Waals surface area contributed by atoms with Gasteiger partial charge in [0.25, 0.3) is 0 Å². The average Bonchev–Trinajstić information content (AvgIpc) is 2.94. The SMILES string of the molecule is CN(C)CCCNC(=O)CCNCCc1c[nH]c2ccccc12. The number of aromatic amines is 1. The second kappa shape index (κ2) is 9.33. The summed E-state index contributed by atoms with van der Waals surface area (Å²) < 4.78 is 0. The summed E-state index contributed by atoms with van der Waals surface area (Å²) in [4.78, 5) is 17.1. The number of para-hydroxylation sites is 1. The van der Waals surface area contributed by atoms with Gasteiger partial charge in [0.1, 0.15) is 0 Å². The van der Waals surface area contributed by atoms with E-state index in [0.717, 1.165) is 39.0 Å². The summed E-state index contributed by atoms with van der Waals surface area (Å²) in [6.45, 7) is 3.37. The van der Waals surface area contributed by atoms with E-state index >= 15 is 0 Å². The summed E-state index contributed by atoms with van der Waals surface area (Å²) in [5, 5.41) is 7.59. The van der Waals surface area contributed by atoms with Crippen molar-refractivity contribution in [3.8, 4) is 0 Å². The van der Waals surface area contributed by atoms with Crippen LogP contribution in [-0.2, 0) is 11.2 Å². The molecule has 126 valence electrons. The number of nitrogens with zero attached hydrogens (tertiary/aromatic N) is 1. The Morgan fingerprint density at radius 1 is 1.17 bits per heavy atom. The number of benzene rings is 1. The van der Waals surface area contributed by atoms with Crippen molar-refractivity contribution >= 4 is 16.8 Å². The number of hydrogen-bond donors (Lipinski definition) is 3. The van der Waals surface area contributed by atoms with E-state index < -0.39 is 0 Å². The van der Waals surface area contributed by atoms with Gasteiger partial charge >= 0.3 is 0 Å². The molecule has 5 heteroatoms. The smallest absolute Gasteiger partial charge is 0.221 e. The maximum absolute atomic E-state index is 11.7. The van der Waals surface area contributed by atoms with Gasteiger partial charge in [-0.25, -0.2) is 0 Å². The molecule has 0 saturated heterocycles. The molecule has 0 bridgehead atoms. The van der Waals surface area contributed by atoms with E-state index in [1.165, 1.54) is 16.5 Å². The molecule has 5 nitrogen and oxygen atoms in total. The molecule has 1 aromatic carbocycles. The third-order valence-electron chi connectivity index (χ3n) is 3.88. The first-order valence-electron chi connectivity index (χ1n) is 8.34. The minimum absolute atomic E-state index is 0.128. The molecule has 2 rings (SSSR count). The maximum Gasteiger partial charge on any atom is 0.221 e. The summed E-state index contributed by atoms with van der Waals surface area (Å²) >= 11 is 0. The van der Waals surface area contributed by atoms with Gasteiger partial charge in [-0.05, 0) is 51.7 Å². The Labute approximate surface area is 138 Å². The van der Waals surface area contributed by atoms with Crippen LogP contribution < -0.4 is 10.6 Å². The number of hydrogen-bond acceptors (Lipinski definition) is 3. The minimum Gasteiger partial charge on any atom is -0.361 e. The lowest BCUT2D eigenvalue weighted by Crippen LogP contribution is -2.30. The van der Waals surface area contributed by atoms with E-state index in [9.17, 15) is 4.79 Å². The van der Waals surface area contributed by atoms with Crippen molar-refractivity contribution < 1.29 is 4.79 Å². The summed E-state index contributed by atoms with van der Waals surface area (Å²) in [5.41, 5.74) is 2.50. The van der Waals surface area contributed by atoms with Crippen LogP contribution in [-0.4, -0.2) is 56.1 Å². The lowest BCUT2D eigenvalue weighted by atomic mass is 10.1. The van der Waals surface area contributed by atoms with Gasteiger partial charge in [0.05, 0.1) is 0 Å². The molecule has 0 aliphatic heterocycles. The predicted molar refractivity (Wildman–Crippen MR) is 95.7 cm³/mol. The first kappa shape index (κ1) is 17.5. The van der Waals surface area contributed by atoms with Crippen LogP contribution in [0, 0.1) is 0 Å². The molecule has 0 atom stereocenters. The molecule has 3 N–H and O–H groups in total. The quantitative estimate of drug-likeness (QED) is 0.585. The van der Waals surface area contributed by atoms with E-state index in [1.807, 2.05) is 20.2 Å². The van der Waals surface area contributed by atoms with Crippen LogP contribution in [0.1, 0.15) is 18.4 Å². The molecule has 1 amide bonds. The van der Waals surface area contributed by atoms with Gasteiger partial charge in [-0.15, -0.1) is 0 Å². The van der Waals surface area contributed by atoms with Gasteiger partial charge in [-0.1, -0.05) is 18.2 Å². The standard InChI is InChI=1S/C18H28N4O/c1-22(2)13-5-10-20-18(23)9-12-19-11-8-15-14-21-17-7-4-3-6-16(15)17/h3-4,6-7,14,19,21H,5,8-13H2,1-2H3,(H,20,23). The van der Waals surface area contributed by atoms with Crippen molar-refractivity contribution in [1.82, 2.24) is 20.5 Å². The monoisotopic (exact) mass is 316 g/mol. The van der Waals surface area contributed by atoms with Crippen molar-refractivity contribution in [2.45, 2.75) is 19.3 Å². The van der Waals surface area contributed by atoms with Gasteiger partial charge in [0.2, 0.25) is 5.91 Å². The van der Waals surface area contributed by atoms with E-state index in [-0.39, 0.29) is 5.91 Å². The Bertz CT molecular complexity index is 606. The molecule has 0 fully saturated rings. The van der Waals surface area contributed by atoms with Crippen LogP contribution >= 0.6 is 0 Å². The summed E-state index contributed by atoms with van der Waals surface area (Å²) in [6, 6.07) is 8.33. The molecule has 1 aromatic heterocycles. The molecule has 0 spiro atoms. The van der Waals surface area contributed by atoms with E-state index in [2.05, 4.69) is 44.9 Å². The van der Waals surface area contributed by atoms with Crippen LogP contribution in [0.4, 0.5) is 0 Å². The van der Waals surface area contributed by atoms with Crippen molar-refractivity contribution in [1.29, 1.82) is 0 Å². The zero-order chi connectivity index (χ0) is 16.5. The van der Waals surface area contributed by atoms with Gasteiger partial charge in [-0.2, -0.15) is 0 Å². The number of rotatable bonds is 10. The van der Waals surface area contributed by atoms with Crippen molar-refractivity contribution in [3.63, 3.8) is 0 Å². The Morgan fingerprint density at radius 2 is 2.00 bits per heavy atom. The zero-order valence-electron chi connectivity index (χ0n) is 14.2. The summed E-state index contributed by atoms with van der Waals surface area (Å²) in [5.74, 6) is 0.128. The first-order valence-corrected chi connectivity index (χ1v) is 8.34. The normalized spacial score (nSPS) is 11.3. The number of carbonyl (C=O) groups is 1. The van der Waals surface area contributed by atoms with Crippen molar-refractivity contribution in [3.05, 3.63) is 36.0 Å². The molecule has 0 aliphatic rings. The van der Waals surface area contributed by atoms with Gasteiger partial charge in [0, 0.05) is 36.6 Å². The minimum atomic E-state index is 0.128. The van der Waals surface area contributed by atoms with Crippen molar-refractivity contribution in [2.75, 3.05) is 40.3 Å². The average molecular weight is 316 g/mol. The largest absolute Gasteiger partial charge is 0.361 e. The molecule has 0 saturated carbocycles. The van der Waals surface area contributed by atoms with Crippen LogP contribution in [0.3, 0.4) is 0 Å². The van der Waals surface area contributed by atoms with Crippen LogP contribution in [0.15, 0.2) is 30.5 Å². The molecule has 1 heterocycles. The Morgan fingerprint density at radius 3 is 2.83 bits per heavy atom. The van der Waals surface area contributed by atoms with E-state index in [0.29, 0.717) is 6.42 Å². The number of nitrogens with one attached hydrogen (secondary N) is 3. The summed E-state index contributed by atoms with van der Waals surface area (Å²) in [6.07, 6.45) is 4.57. The highest BCUT2D eigenvalue weighted by atomic mass is 16.1. The molecule has 0 aliphatic carbocycles. The summed E-state index contributed by atoms with van der Waals surface area (Å²) in [7, 11) is 4.08. The highest BCUT2D eigenvalue weighted by Gasteiger charge is 2.03. The molecule has 0 unspecified atom stereocenters. The van der Waals surface area contributed by atoms with E-state index in [4.69, 9.17) is 0 Å². The van der Waals surface area contributed by atoms with Crippen LogP contribution in [0.5, 0.6) is 0 Å². The number of H-pyrrole nitrogens is 1. The Kier molecular flexibility index (Phi) is 7.10. The molecule has 0 radical (unpaired) electrons. The van der Waals surface area contributed by atoms with Gasteiger partial charge < -0.3 is 20.5 Å². The molecule has 23 heavy (non-hydrogen) atoms. The highest BCUT2D eigenvalue weighted by molar-refractivity contribution is 5.83. The van der Waals surface area contributed by atoms with Gasteiger partial charge in [-0.3, -0.25) is 4.79 Å². The molecular weight excluding hydrogens is 288 g/mol. The molecular formula is C18H28N4O. The predicted octanol–water partition coefficient (Wildman–Crippen LogP) is 1.76. The second-order valence-corrected chi connectivity index (χ2v) is 6.12.